The van der Waals surface area contributed by atoms with Crippen molar-refractivity contribution in [1.82, 2.24) is 14.5 Å². The molecule has 0 atom stereocenters. The van der Waals surface area contributed by atoms with Crippen molar-refractivity contribution in [3.63, 3.8) is 0 Å². The van der Waals surface area contributed by atoms with Gasteiger partial charge in [0.05, 0.1) is 28.0 Å². The zero-order valence-electron chi connectivity index (χ0n) is 38.9. The largest absolute Gasteiger partial charge is 0.507 e. The third-order valence-electron chi connectivity index (χ3n) is 12.2. The Kier molecular flexibility index (Phi) is 10.9. The van der Waals surface area contributed by atoms with Gasteiger partial charge in [0.1, 0.15) is 17.4 Å². The normalized spacial score (nSPS) is 12.6. The van der Waals surface area contributed by atoms with Gasteiger partial charge in [-0.25, -0.2) is 9.37 Å². The average Bonchev–Trinajstić information content (AvgIpc) is 3.62. The lowest BCUT2D eigenvalue weighted by atomic mass is 9.79. The molecule has 0 amide bonds. The van der Waals surface area contributed by atoms with Crippen LogP contribution in [0.15, 0.2) is 140 Å². The van der Waals surface area contributed by atoms with E-state index in [0.717, 1.165) is 72.5 Å². The summed E-state index contributed by atoms with van der Waals surface area (Å²) in [5.74, 6) is 0.631. The number of hydrogen-bond acceptors (Lipinski definition) is 3. The van der Waals surface area contributed by atoms with Crippen LogP contribution in [0.1, 0.15) is 105 Å². The maximum Gasteiger partial charge on any atom is 0.149 e. The first-order valence-electron chi connectivity index (χ1n) is 22.1. The zero-order chi connectivity index (χ0) is 45.2. The minimum absolute atomic E-state index is 0.0879. The number of aromatic hydroxyl groups is 1. The number of pyridine rings is 1. The summed E-state index contributed by atoms with van der Waals surface area (Å²) < 4.78 is 17.3. The lowest BCUT2D eigenvalue weighted by Crippen LogP contribution is -2.17. The summed E-state index contributed by atoms with van der Waals surface area (Å²) in [6.07, 6.45) is 1.76. The van der Waals surface area contributed by atoms with E-state index >= 15 is 4.39 Å². The van der Waals surface area contributed by atoms with Crippen LogP contribution in [0.4, 0.5) is 4.39 Å². The molecule has 0 saturated carbocycles. The molecule has 2 aromatic heterocycles. The van der Waals surface area contributed by atoms with Crippen LogP contribution >= 0.6 is 0 Å². The van der Waals surface area contributed by atoms with Crippen molar-refractivity contribution < 1.29 is 9.50 Å². The first kappa shape index (κ1) is 43.3. The Bertz CT molecular complexity index is 3000. The summed E-state index contributed by atoms with van der Waals surface area (Å²) in [5.41, 5.74) is 14.0. The summed E-state index contributed by atoms with van der Waals surface area (Å²) in [6.45, 7) is 26.5. The van der Waals surface area contributed by atoms with Gasteiger partial charge in [-0.3, -0.25) is 9.55 Å². The molecule has 1 N–H and O–H groups in total. The molecular weight excluding hydrogens is 774 g/mol. The van der Waals surface area contributed by atoms with Gasteiger partial charge in [0, 0.05) is 34.0 Å². The predicted molar refractivity (Wildman–Crippen MR) is 262 cm³/mol. The topological polar surface area (TPSA) is 50.9 Å². The Labute approximate surface area is 373 Å². The number of aromatic nitrogens is 3. The summed E-state index contributed by atoms with van der Waals surface area (Å²) in [6, 6.07) is 45.4. The lowest BCUT2D eigenvalue weighted by Gasteiger charge is -2.28. The zero-order valence-corrected chi connectivity index (χ0v) is 38.9. The fourth-order valence-electron chi connectivity index (χ4n) is 8.43. The molecule has 0 aliphatic carbocycles. The van der Waals surface area contributed by atoms with Gasteiger partial charge in [0.25, 0.3) is 0 Å². The maximum atomic E-state index is 15.1. The molecule has 320 valence electrons. The van der Waals surface area contributed by atoms with Gasteiger partial charge >= 0.3 is 0 Å². The van der Waals surface area contributed by atoms with Crippen molar-refractivity contribution in [3.8, 4) is 67.5 Å². The molecule has 8 rings (SSSR count). The van der Waals surface area contributed by atoms with E-state index in [2.05, 4.69) is 185 Å². The summed E-state index contributed by atoms with van der Waals surface area (Å²) in [5, 5.41) is 12.5. The molecule has 6 aromatic carbocycles. The highest BCUT2D eigenvalue weighted by atomic mass is 19.1. The van der Waals surface area contributed by atoms with Crippen LogP contribution in [0, 0.1) is 5.82 Å². The molecule has 0 saturated heterocycles. The first-order valence-corrected chi connectivity index (χ1v) is 22.1. The van der Waals surface area contributed by atoms with Crippen LogP contribution in [-0.4, -0.2) is 19.6 Å². The highest BCUT2D eigenvalue weighted by molar-refractivity contribution is 5.98. The van der Waals surface area contributed by atoms with Crippen LogP contribution in [0.3, 0.4) is 0 Å². The number of rotatable bonds is 6. The van der Waals surface area contributed by atoms with Crippen molar-refractivity contribution in [2.45, 2.75) is 105 Å². The predicted octanol–water partition coefficient (Wildman–Crippen LogP) is 15.8. The minimum atomic E-state index is -0.340. The van der Waals surface area contributed by atoms with Gasteiger partial charge in [0.15, 0.2) is 0 Å². The summed E-state index contributed by atoms with van der Waals surface area (Å²) >= 11 is 0. The van der Waals surface area contributed by atoms with Gasteiger partial charge in [-0.1, -0.05) is 162 Å². The van der Waals surface area contributed by atoms with Crippen LogP contribution in [0.25, 0.3) is 72.7 Å². The molecule has 0 aliphatic heterocycles. The van der Waals surface area contributed by atoms with E-state index in [0.29, 0.717) is 17.0 Å². The van der Waals surface area contributed by atoms with Gasteiger partial charge < -0.3 is 5.11 Å². The van der Waals surface area contributed by atoms with Gasteiger partial charge in [-0.05, 0) is 110 Å². The van der Waals surface area contributed by atoms with Crippen LogP contribution in [-0.2, 0) is 21.7 Å². The molecule has 8 aromatic rings. The Morgan fingerprint density at radius 1 is 0.476 bits per heavy atom. The van der Waals surface area contributed by atoms with E-state index < -0.39 is 0 Å². The van der Waals surface area contributed by atoms with Crippen molar-refractivity contribution in [2.75, 3.05) is 0 Å². The minimum Gasteiger partial charge on any atom is -0.507 e. The third kappa shape index (κ3) is 8.46. The Hall–Kier alpha value is -6.33. The highest BCUT2D eigenvalue weighted by Gasteiger charge is 2.30. The molecule has 0 bridgehead atoms. The molecule has 0 aliphatic rings. The van der Waals surface area contributed by atoms with Gasteiger partial charge in [0.2, 0.25) is 0 Å². The fraction of sp³-hybridized carbons (Fsp3) is 0.276. The van der Waals surface area contributed by atoms with Crippen LogP contribution < -0.4 is 0 Å². The standard InChI is InChI=1S/C58H60FN3O/c1-55(2,3)40-25-26-50(45(33-40)36-19-14-13-15-20-36)62-51-24-18-22-44(52(51)61-54(62)46-34-42(57(7,8)9)35-47(53(46)63)58(10,11)12)38-29-39(31-41(30-38)56(4,5)6)49-32-37(27-28-60-49)43-21-16-17-23-48(43)59/h13-35,63H,1-12H3. The second-order valence-electron chi connectivity index (χ2n) is 21.2. The Morgan fingerprint density at radius 3 is 1.76 bits per heavy atom. The van der Waals surface area contributed by atoms with Crippen molar-refractivity contribution in [3.05, 3.63) is 168 Å². The number of imidazole rings is 1. The van der Waals surface area contributed by atoms with E-state index in [1.165, 1.54) is 11.6 Å². The average molecular weight is 834 g/mol. The van der Waals surface area contributed by atoms with Crippen molar-refractivity contribution in [1.29, 1.82) is 0 Å². The second-order valence-corrected chi connectivity index (χ2v) is 21.2. The quantitative estimate of drug-likeness (QED) is 0.182. The number of para-hydroxylation sites is 1. The number of nitrogens with zero attached hydrogens (tertiary/aromatic N) is 3. The number of phenols is 1. The second kappa shape index (κ2) is 15.8. The molecule has 0 spiro atoms. The van der Waals surface area contributed by atoms with Gasteiger partial charge in [-0.2, -0.15) is 0 Å². The molecule has 63 heavy (non-hydrogen) atoms. The maximum absolute atomic E-state index is 15.1. The number of benzene rings is 6. The van der Waals surface area contributed by atoms with E-state index in [1.807, 2.05) is 18.2 Å². The molecule has 4 nitrogen and oxygen atoms in total. The molecular formula is C58H60FN3O. The SMILES string of the molecule is CC(C)(C)c1cc(-c2cc(-c3ccccc3F)ccn2)cc(-c2cccc3c2nc(-c2cc(C(C)(C)C)cc(C(C)(C)C)c2O)n3-c2ccc(C(C)(C)C)cc2-c2ccccc2)c1. The van der Waals surface area contributed by atoms with Gasteiger partial charge in [-0.15, -0.1) is 0 Å². The number of phenolic OH excluding ortho intramolecular Hbond substituents is 1. The summed E-state index contributed by atoms with van der Waals surface area (Å²) in [4.78, 5) is 10.5. The molecule has 0 radical (unpaired) electrons. The van der Waals surface area contributed by atoms with E-state index in [9.17, 15) is 5.11 Å². The van der Waals surface area contributed by atoms with Crippen molar-refractivity contribution in [2.24, 2.45) is 0 Å². The Morgan fingerprint density at radius 2 is 1.10 bits per heavy atom. The summed E-state index contributed by atoms with van der Waals surface area (Å²) in [7, 11) is 0. The van der Waals surface area contributed by atoms with Crippen molar-refractivity contribution >= 4 is 11.0 Å². The van der Waals surface area contributed by atoms with E-state index in [4.69, 9.17) is 9.97 Å². The fourth-order valence-corrected chi connectivity index (χ4v) is 8.43. The molecule has 0 unspecified atom stereocenters. The monoisotopic (exact) mass is 833 g/mol. The molecule has 5 heteroatoms. The van der Waals surface area contributed by atoms with Crippen LogP contribution in [0.5, 0.6) is 5.75 Å². The first-order chi connectivity index (χ1) is 29.6. The number of fused-ring (bicyclic) bond motifs is 1. The van der Waals surface area contributed by atoms with E-state index in [1.54, 1.807) is 18.3 Å². The smallest absolute Gasteiger partial charge is 0.149 e. The highest BCUT2D eigenvalue weighted by Crippen LogP contribution is 2.46. The molecule has 2 heterocycles. The Balaban J connectivity index is 1.46. The number of halogens is 1. The van der Waals surface area contributed by atoms with Crippen LogP contribution in [0.2, 0.25) is 0 Å². The van der Waals surface area contributed by atoms with E-state index in [-0.39, 0.29) is 33.2 Å². The number of hydrogen-bond donors (Lipinski definition) is 1. The third-order valence-corrected chi connectivity index (χ3v) is 12.2. The lowest BCUT2D eigenvalue weighted by molar-refractivity contribution is 0.446. The molecule has 0 fully saturated rings.